The number of ether oxygens (including phenoxy) is 1. The number of hydrogen-bond acceptors (Lipinski definition) is 3. The molecule has 3 fully saturated rings. The van der Waals surface area contributed by atoms with E-state index in [1.807, 2.05) is 0 Å². The number of hydrogen-bond donors (Lipinski definition) is 2. The first-order chi connectivity index (χ1) is 13.0. The molecule has 3 unspecified atom stereocenters. The molecule has 0 spiro atoms. The molecule has 2 N–H and O–H groups in total. The predicted octanol–water partition coefficient (Wildman–Crippen LogP) is 2.40. The maximum Gasteiger partial charge on any atom is 0.243 e. The summed E-state index contributed by atoms with van der Waals surface area (Å²) in [4.78, 5) is 18.3. The molecule has 3 aliphatic carbocycles. The Hall–Kier alpha value is -1.30. The monoisotopic (exact) mass is 378 g/mol. The minimum atomic E-state index is 0.0407. The first-order valence-electron chi connectivity index (χ1n) is 10.8. The standard InChI is InChI=1S/C21H38N4O2/c1-25(2)19(26)14-22-20(24-18-13-16-6-7-17(18)12-16)23-15-21(10-11-27-3)8-4-5-9-21/h16-18H,4-15H2,1-3H3,(H2,22,23,24). The van der Waals surface area contributed by atoms with Crippen LogP contribution in [0.5, 0.6) is 0 Å². The maximum absolute atomic E-state index is 12.0. The molecule has 3 rings (SSSR count). The number of carbonyl (C=O) groups is 1. The number of methoxy groups -OCH3 is 1. The highest BCUT2D eigenvalue weighted by atomic mass is 16.5. The third kappa shape index (κ3) is 5.37. The summed E-state index contributed by atoms with van der Waals surface area (Å²) in [5, 5.41) is 7.28. The number of amides is 1. The quantitative estimate of drug-likeness (QED) is 0.503. The van der Waals surface area contributed by atoms with Crippen LogP contribution in [-0.2, 0) is 9.53 Å². The molecule has 0 saturated heterocycles. The molecule has 6 heteroatoms. The second-order valence-electron chi connectivity index (χ2n) is 9.18. The molecular weight excluding hydrogens is 340 g/mol. The lowest BCUT2D eigenvalue weighted by atomic mass is 9.83. The van der Waals surface area contributed by atoms with E-state index in [1.165, 1.54) is 51.4 Å². The van der Waals surface area contributed by atoms with E-state index in [2.05, 4.69) is 15.6 Å². The first kappa shape index (κ1) is 20.4. The second kappa shape index (κ2) is 9.26. The van der Waals surface area contributed by atoms with E-state index < -0.39 is 0 Å². The number of carbonyl (C=O) groups excluding carboxylic acids is 1. The van der Waals surface area contributed by atoms with Crippen molar-refractivity contribution in [3.05, 3.63) is 0 Å². The van der Waals surface area contributed by atoms with Crippen LogP contribution in [0.1, 0.15) is 57.8 Å². The fourth-order valence-corrected chi connectivity index (χ4v) is 5.27. The van der Waals surface area contributed by atoms with E-state index in [-0.39, 0.29) is 12.5 Å². The predicted molar refractivity (Wildman–Crippen MR) is 109 cm³/mol. The van der Waals surface area contributed by atoms with Gasteiger partial charge in [0.1, 0.15) is 6.54 Å². The van der Waals surface area contributed by atoms with Crippen LogP contribution in [0.2, 0.25) is 0 Å². The van der Waals surface area contributed by atoms with Gasteiger partial charge in [0.2, 0.25) is 5.91 Å². The van der Waals surface area contributed by atoms with Crippen LogP contribution in [0.15, 0.2) is 4.99 Å². The lowest BCUT2D eigenvalue weighted by molar-refractivity contribution is -0.127. The molecular formula is C21H38N4O2. The average molecular weight is 379 g/mol. The van der Waals surface area contributed by atoms with Crippen molar-refractivity contribution in [1.82, 2.24) is 15.5 Å². The Kier molecular flexibility index (Phi) is 7.01. The third-order valence-electron chi connectivity index (χ3n) is 7.06. The van der Waals surface area contributed by atoms with Gasteiger partial charge in [-0.05, 0) is 55.8 Å². The molecule has 2 bridgehead atoms. The van der Waals surface area contributed by atoms with Gasteiger partial charge in [-0.15, -0.1) is 0 Å². The lowest BCUT2D eigenvalue weighted by Gasteiger charge is -2.31. The van der Waals surface area contributed by atoms with Gasteiger partial charge in [0, 0.05) is 40.4 Å². The number of rotatable bonds is 8. The minimum absolute atomic E-state index is 0.0407. The molecule has 154 valence electrons. The smallest absolute Gasteiger partial charge is 0.243 e. The van der Waals surface area contributed by atoms with Crippen LogP contribution in [0, 0.1) is 17.3 Å². The number of likely N-dealkylation sites (N-methyl/N-ethyl adjacent to an activating group) is 1. The van der Waals surface area contributed by atoms with E-state index >= 15 is 0 Å². The summed E-state index contributed by atoms with van der Waals surface area (Å²) in [6.07, 6.45) is 11.5. The van der Waals surface area contributed by atoms with Crippen LogP contribution < -0.4 is 10.6 Å². The Bertz CT molecular complexity index is 528. The molecule has 3 atom stereocenters. The van der Waals surface area contributed by atoms with Crippen LogP contribution in [0.3, 0.4) is 0 Å². The highest BCUT2D eigenvalue weighted by Gasteiger charge is 2.40. The van der Waals surface area contributed by atoms with Gasteiger partial charge < -0.3 is 20.3 Å². The van der Waals surface area contributed by atoms with Crippen LogP contribution in [0.25, 0.3) is 0 Å². The van der Waals surface area contributed by atoms with Gasteiger partial charge in [-0.3, -0.25) is 4.79 Å². The molecule has 3 aliphatic rings. The average Bonchev–Trinajstić information content (AvgIpc) is 3.39. The van der Waals surface area contributed by atoms with Crippen molar-refractivity contribution >= 4 is 11.9 Å². The first-order valence-corrected chi connectivity index (χ1v) is 10.8. The minimum Gasteiger partial charge on any atom is -0.385 e. The Morgan fingerprint density at radius 1 is 1.22 bits per heavy atom. The summed E-state index contributed by atoms with van der Waals surface area (Å²) in [6.45, 7) is 1.93. The van der Waals surface area contributed by atoms with Crippen molar-refractivity contribution in [1.29, 1.82) is 0 Å². The van der Waals surface area contributed by atoms with Crippen LogP contribution >= 0.6 is 0 Å². The largest absolute Gasteiger partial charge is 0.385 e. The molecule has 6 nitrogen and oxygen atoms in total. The third-order valence-corrected chi connectivity index (χ3v) is 7.06. The topological polar surface area (TPSA) is 66.0 Å². The fourth-order valence-electron chi connectivity index (χ4n) is 5.27. The molecule has 0 aromatic rings. The van der Waals surface area contributed by atoms with E-state index in [0.717, 1.165) is 37.4 Å². The summed E-state index contributed by atoms with van der Waals surface area (Å²) in [7, 11) is 5.35. The van der Waals surface area contributed by atoms with E-state index in [9.17, 15) is 4.79 Å². The van der Waals surface area contributed by atoms with Gasteiger partial charge in [-0.2, -0.15) is 0 Å². The molecule has 0 heterocycles. The van der Waals surface area contributed by atoms with Crippen molar-refractivity contribution in [2.24, 2.45) is 22.2 Å². The Balaban J connectivity index is 1.61. The number of nitrogens with one attached hydrogen (secondary N) is 2. The molecule has 0 radical (unpaired) electrons. The Labute approximate surface area is 164 Å². The van der Waals surface area contributed by atoms with Crippen LogP contribution in [0.4, 0.5) is 0 Å². The second-order valence-corrected chi connectivity index (χ2v) is 9.18. The highest BCUT2D eigenvalue weighted by Crippen LogP contribution is 2.44. The van der Waals surface area contributed by atoms with E-state index in [0.29, 0.717) is 11.5 Å². The normalized spacial score (nSPS) is 29.1. The highest BCUT2D eigenvalue weighted by molar-refractivity contribution is 5.85. The summed E-state index contributed by atoms with van der Waals surface area (Å²) < 4.78 is 5.36. The van der Waals surface area contributed by atoms with Crippen molar-refractivity contribution in [2.75, 3.05) is 40.9 Å². The molecule has 0 aromatic heterocycles. The Morgan fingerprint density at radius 2 is 2.00 bits per heavy atom. The number of fused-ring (bicyclic) bond motifs is 2. The fraction of sp³-hybridized carbons (Fsp3) is 0.905. The number of guanidine groups is 1. The van der Waals surface area contributed by atoms with Gasteiger partial charge in [-0.25, -0.2) is 4.99 Å². The Morgan fingerprint density at radius 3 is 2.59 bits per heavy atom. The summed E-state index contributed by atoms with van der Waals surface area (Å²) in [5.74, 6) is 2.53. The number of aliphatic imine (C=N–C) groups is 1. The lowest BCUT2D eigenvalue weighted by Crippen LogP contribution is -2.49. The van der Waals surface area contributed by atoms with Crippen molar-refractivity contribution in [3.8, 4) is 0 Å². The molecule has 0 aromatic carbocycles. The van der Waals surface area contributed by atoms with Crippen molar-refractivity contribution < 1.29 is 9.53 Å². The zero-order valence-electron chi connectivity index (χ0n) is 17.4. The molecule has 3 saturated carbocycles. The van der Waals surface area contributed by atoms with Crippen LogP contribution in [-0.4, -0.2) is 63.7 Å². The summed E-state index contributed by atoms with van der Waals surface area (Å²) in [5.41, 5.74) is 0.304. The van der Waals surface area contributed by atoms with E-state index in [4.69, 9.17) is 4.74 Å². The molecule has 1 amide bonds. The maximum atomic E-state index is 12.0. The van der Waals surface area contributed by atoms with Gasteiger partial charge in [0.25, 0.3) is 0 Å². The molecule has 0 aliphatic heterocycles. The van der Waals surface area contributed by atoms with Gasteiger partial charge in [0.15, 0.2) is 5.96 Å². The van der Waals surface area contributed by atoms with Gasteiger partial charge in [-0.1, -0.05) is 19.3 Å². The molecule has 27 heavy (non-hydrogen) atoms. The zero-order valence-corrected chi connectivity index (χ0v) is 17.4. The van der Waals surface area contributed by atoms with Crippen molar-refractivity contribution in [2.45, 2.75) is 63.8 Å². The zero-order chi connectivity index (χ0) is 19.3. The summed E-state index contributed by atoms with van der Waals surface area (Å²) in [6, 6.07) is 0.517. The van der Waals surface area contributed by atoms with Crippen molar-refractivity contribution in [3.63, 3.8) is 0 Å². The SMILES string of the molecule is COCCC1(CNC(=NCC(=O)N(C)C)NC2CC3CCC2C3)CCCC1. The van der Waals surface area contributed by atoms with E-state index in [1.54, 1.807) is 26.1 Å². The number of nitrogens with zero attached hydrogens (tertiary/aromatic N) is 2. The van der Waals surface area contributed by atoms with Gasteiger partial charge in [0.05, 0.1) is 0 Å². The van der Waals surface area contributed by atoms with Gasteiger partial charge >= 0.3 is 0 Å². The summed E-state index contributed by atoms with van der Waals surface area (Å²) >= 11 is 0.